The molecule has 1 aromatic heterocycles. The van der Waals surface area contributed by atoms with Crippen LogP contribution in [0.3, 0.4) is 0 Å². The molecule has 0 bridgehead atoms. The number of rotatable bonds is 5. The molecule has 0 aliphatic rings. The second-order valence-electron chi connectivity index (χ2n) is 7.76. The van der Waals surface area contributed by atoms with Crippen LogP contribution in [0.4, 0.5) is 0 Å². The summed E-state index contributed by atoms with van der Waals surface area (Å²) in [5.74, 6) is 0.598. The highest BCUT2D eigenvalue weighted by atomic mass is 14.6. The molecular weight excluding hydrogens is 266 g/mol. The first kappa shape index (κ1) is 16.7. The molecule has 0 aliphatic carbocycles. The third-order valence-corrected chi connectivity index (χ3v) is 5.23. The molecule has 0 saturated carbocycles. The second-order valence-corrected chi connectivity index (χ2v) is 7.76. The van der Waals surface area contributed by atoms with E-state index in [0.717, 1.165) is 12.8 Å². The molecule has 0 saturated heterocycles. The number of pyridine rings is 1. The lowest BCUT2D eigenvalue weighted by molar-refractivity contribution is 0.0303. The molecular formula is C21H29N. The highest BCUT2D eigenvalue weighted by Crippen LogP contribution is 2.49. The van der Waals surface area contributed by atoms with Crippen LogP contribution in [0.15, 0.2) is 54.9 Å². The zero-order valence-electron chi connectivity index (χ0n) is 14.6. The summed E-state index contributed by atoms with van der Waals surface area (Å²) in [7, 11) is 0. The van der Waals surface area contributed by atoms with E-state index in [1.54, 1.807) is 0 Å². The van der Waals surface area contributed by atoms with Gasteiger partial charge in [-0.05, 0) is 52.8 Å². The highest BCUT2D eigenvalue weighted by Gasteiger charge is 2.44. The maximum atomic E-state index is 4.17. The van der Waals surface area contributed by atoms with Gasteiger partial charge in [0.15, 0.2) is 0 Å². The fourth-order valence-corrected chi connectivity index (χ4v) is 3.69. The molecule has 22 heavy (non-hydrogen) atoms. The van der Waals surface area contributed by atoms with Crippen LogP contribution in [0.5, 0.6) is 0 Å². The molecule has 118 valence electrons. The Kier molecular flexibility index (Phi) is 5.05. The second kappa shape index (κ2) is 6.64. The molecule has 2 rings (SSSR count). The van der Waals surface area contributed by atoms with Gasteiger partial charge >= 0.3 is 0 Å². The SMILES string of the molecule is CC(C)C(Cc1ccccc1)(Cc1ccncc1)C(C)(C)C. The summed E-state index contributed by atoms with van der Waals surface area (Å²) in [6, 6.07) is 15.2. The van der Waals surface area contributed by atoms with Gasteiger partial charge in [-0.1, -0.05) is 65.0 Å². The third kappa shape index (κ3) is 3.58. The molecule has 1 atom stereocenters. The van der Waals surface area contributed by atoms with E-state index in [1.807, 2.05) is 12.4 Å². The predicted molar refractivity (Wildman–Crippen MR) is 94.8 cm³/mol. The number of nitrogens with zero attached hydrogens (tertiary/aromatic N) is 1. The maximum absolute atomic E-state index is 4.17. The minimum atomic E-state index is 0.218. The van der Waals surface area contributed by atoms with Crippen LogP contribution in [0.2, 0.25) is 0 Å². The van der Waals surface area contributed by atoms with E-state index in [4.69, 9.17) is 0 Å². The Morgan fingerprint density at radius 1 is 0.818 bits per heavy atom. The molecule has 1 heterocycles. The highest BCUT2D eigenvalue weighted by molar-refractivity contribution is 5.21. The van der Waals surface area contributed by atoms with Crippen molar-refractivity contribution in [1.82, 2.24) is 4.98 Å². The van der Waals surface area contributed by atoms with Gasteiger partial charge in [0.05, 0.1) is 0 Å². The van der Waals surface area contributed by atoms with E-state index in [0.29, 0.717) is 5.92 Å². The Morgan fingerprint density at radius 3 is 1.77 bits per heavy atom. The maximum Gasteiger partial charge on any atom is 0.0270 e. The molecule has 2 aromatic rings. The van der Waals surface area contributed by atoms with E-state index in [1.165, 1.54) is 11.1 Å². The normalized spacial score (nSPS) is 14.8. The molecule has 0 aliphatic heterocycles. The Balaban J connectivity index is 2.42. The van der Waals surface area contributed by atoms with Gasteiger partial charge in [0.1, 0.15) is 0 Å². The number of hydrogen-bond donors (Lipinski definition) is 0. The quantitative estimate of drug-likeness (QED) is 0.704. The summed E-state index contributed by atoms with van der Waals surface area (Å²) in [4.78, 5) is 4.17. The van der Waals surface area contributed by atoms with Crippen LogP contribution < -0.4 is 0 Å². The van der Waals surface area contributed by atoms with Gasteiger partial charge < -0.3 is 0 Å². The largest absolute Gasteiger partial charge is 0.265 e. The van der Waals surface area contributed by atoms with Crippen molar-refractivity contribution in [3.63, 3.8) is 0 Å². The van der Waals surface area contributed by atoms with Crippen LogP contribution in [0.1, 0.15) is 45.7 Å². The summed E-state index contributed by atoms with van der Waals surface area (Å²) < 4.78 is 0. The Hall–Kier alpha value is -1.63. The minimum Gasteiger partial charge on any atom is -0.265 e. The molecule has 1 nitrogen and oxygen atoms in total. The van der Waals surface area contributed by atoms with Crippen molar-refractivity contribution in [2.45, 2.75) is 47.5 Å². The smallest absolute Gasteiger partial charge is 0.0270 e. The van der Waals surface area contributed by atoms with Gasteiger partial charge in [0, 0.05) is 12.4 Å². The lowest BCUT2D eigenvalue weighted by atomic mass is 9.55. The van der Waals surface area contributed by atoms with Crippen molar-refractivity contribution in [1.29, 1.82) is 0 Å². The molecule has 0 radical (unpaired) electrons. The van der Waals surface area contributed by atoms with Gasteiger partial charge in [0.2, 0.25) is 0 Å². The van der Waals surface area contributed by atoms with Gasteiger partial charge in [-0.3, -0.25) is 4.98 Å². The summed E-state index contributed by atoms with van der Waals surface area (Å²) in [6.45, 7) is 11.9. The predicted octanol–water partition coefficient (Wildman–Crippen LogP) is 5.56. The first-order chi connectivity index (χ1) is 10.3. The Bertz CT molecular complexity index is 522. The van der Waals surface area contributed by atoms with Crippen LogP contribution in [0.25, 0.3) is 0 Å². The van der Waals surface area contributed by atoms with E-state index in [9.17, 15) is 0 Å². The lowest BCUT2D eigenvalue weighted by Crippen LogP contribution is -2.44. The number of aromatic nitrogens is 1. The van der Waals surface area contributed by atoms with E-state index < -0.39 is 0 Å². The van der Waals surface area contributed by atoms with Crippen molar-refractivity contribution >= 4 is 0 Å². The fourth-order valence-electron chi connectivity index (χ4n) is 3.69. The molecule has 1 heteroatoms. The van der Waals surface area contributed by atoms with Gasteiger partial charge in [-0.25, -0.2) is 0 Å². The van der Waals surface area contributed by atoms with E-state index in [2.05, 4.69) is 82.1 Å². The molecule has 0 N–H and O–H groups in total. The van der Waals surface area contributed by atoms with E-state index in [-0.39, 0.29) is 10.8 Å². The average molecular weight is 295 g/mol. The summed E-state index contributed by atoms with van der Waals surface area (Å²) in [6.07, 6.45) is 6.01. The standard InChI is InChI=1S/C21H29N/c1-17(2)21(20(3,4)5,15-18-9-7-6-8-10-18)16-19-11-13-22-14-12-19/h6-14,17H,15-16H2,1-5H3. The first-order valence-corrected chi connectivity index (χ1v) is 8.28. The van der Waals surface area contributed by atoms with Crippen molar-refractivity contribution < 1.29 is 0 Å². The number of hydrogen-bond acceptors (Lipinski definition) is 1. The van der Waals surface area contributed by atoms with Crippen molar-refractivity contribution in [2.75, 3.05) is 0 Å². The Labute approximate surface area is 135 Å². The average Bonchev–Trinajstić information content (AvgIpc) is 2.47. The Morgan fingerprint density at radius 2 is 1.32 bits per heavy atom. The summed E-state index contributed by atoms with van der Waals surface area (Å²) in [5, 5.41) is 0. The van der Waals surface area contributed by atoms with Crippen molar-refractivity contribution in [3.05, 3.63) is 66.0 Å². The topological polar surface area (TPSA) is 12.9 Å². The van der Waals surface area contributed by atoms with Crippen LogP contribution in [-0.4, -0.2) is 4.98 Å². The first-order valence-electron chi connectivity index (χ1n) is 8.28. The van der Waals surface area contributed by atoms with Crippen molar-refractivity contribution in [2.24, 2.45) is 16.7 Å². The summed E-state index contributed by atoms with van der Waals surface area (Å²) in [5.41, 5.74) is 3.26. The number of benzene rings is 1. The molecule has 0 fully saturated rings. The third-order valence-electron chi connectivity index (χ3n) is 5.23. The lowest BCUT2D eigenvalue weighted by Gasteiger charge is -2.49. The van der Waals surface area contributed by atoms with E-state index >= 15 is 0 Å². The van der Waals surface area contributed by atoms with Crippen LogP contribution in [0, 0.1) is 16.7 Å². The van der Waals surface area contributed by atoms with Crippen LogP contribution >= 0.6 is 0 Å². The zero-order valence-corrected chi connectivity index (χ0v) is 14.6. The van der Waals surface area contributed by atoms with Gasteiger partial charge in [0.25, 0.3) is 0 Å². The van der Waals surface area contributed by atoms with Crippen molar-refractivity contribution in [3.8, 4) is 0 Å². The zero-order chi connectivity index (χ0) is 16.2. The van der Waals surface area contributed by atoms with Gasteiger partial charge in [-0.2, -0.15) is 0 Å². The minimum absolute atomic E-state index is 0.218. The fraction of sp³-hybridized carbons (Fsp3) is 0.476. The molecule has 1 aromatic carbocycles. The molecule has 0 amide bonds. The molecule has 1 unspecified atom stereocenters. The molecule has 0 spiro atoms. The monoisotopic (exact) mass is 295 g/mol. The van der Waals surface area contributed by atoms with Gasteiger partial charge in [-0.15, -0.1) is 0 Å². The van der Waals surface area contributed by atoms with Crippen LogP contribution in [-0.2, 0) is 12.8 Å². The summed E-state index contributed by atoms with van der Waals surface area (Å²) >= 11 is 0.